The maximum Gasteiger partial charge on any atom is 0.240 e. The van der Waals surface area contributed by atoms with Crippen molar-refractivity contribution < 1.29 is 13.9 Å². The van der Waals surface area contributed by atoms with Gasteiger partial charge in [-0.05, 0) is 12.5 Å². The van der Waals surface area contributed by atoms with Gasteiger partial charge >= 0.3 is 0 Å². The van der Waals surface area contributed by atoms with E-state index in [2.05, 4.69) is 0 Å². The summed E-state index contributed by atoms with van der Waals surface area (Å²) in [6.07, 6.45) is -2.89. The van der Waals surface area contributed by atoms with Crippen molar-refractivity contribution in [2.75, 3.05) is 0 Å². The van der Waals surface area contributed by atoms with Gasteiger partial charge < -0.3 is 10.8 Å². The Morgan fingerprint density at radius 1 is 1.40 bits per heavy atom. The number of hydrogen-bond acceptors (Lipinski definition) is 2. The van der Waals surface area contributed by atoms with Crippen molar-refractivity contribution in [3.8, 4) is 5.75 Å². The van der Waals surface area contributed by atoms with Gasteiger partial charge in [-0.2, -0.15) is 0 Å². The number of para-hydroxylation sites is 1. The fourth-order valence-corrected chi connectivity index (χ4v) is 1.30. The van der Waals surface area contributed by atoms with Gasteiger partial charge in [0.1, 0.15) is 5.75 Å². The van der Waals surface area contributed by atoms with Crippen molar-refractivity contribution in [1.82, 2.24) is 0 Å². The van der Waals surface area contributed by atoms with E-state index in [4.69, 9.17) is 5.73 Å². The zero-order chi connectivity index (χ0) is 10.7. The van der Waals surface area contributed by atoms with Crippen LogP contribution in [0, 0.1) is 6.92 Å². The third-order valence-corrected chi connectivity index (χ3v) is 2.10. The molecule has 0 saturated heterocycles. The summed E-state index contributed by atoms with van der Waals surface area (Å²) in [5.74, 6) is 0.0145. The molecule has 0 aliphatic heterocycles. The Bertz CT molecular complexity index is 320. The number of benzene rings is 1. The summed E-state index contributed by atoms with van der Waals surface area (Å²) in [4.78, 5) is 0. The second-order valence-corrected chi connectivity index (χ2v) is 3.25. The second kappa shape index (κ2) is 5.88. The molecule has 0 saturated carbocycles. The zero-order valence-electron chi connectivity index (χ0n) is 8.28. The Balaban J connectivity index is 0.00000196. The largest absolute Gasteiger partial charge is 0.507 e. The van der Waals surface area contributed by atoms with Gasteiger partial charge in [0.15, 0.2) is 0 Å². The fraction of sp³-hybridized carbons (Fsp3) is 0.400. The van der Waals surface area contributed by atoms with Crippen LogP contribution in [0.25, 0.3) is 0 Å². The quantitative estimate of drug-likeness (QED) is 0.849. The number of nitrogens with two attached hydrogens (primary N) is 1. The normalized spacial score (nSPS) is 12.3. The molecule has 5 heteroatoms. The van der Waals surface area contributed by atoms with E-state index in [0.717, 1.165) is 0 Å². The number of rotatable bonds is 3. The average Bonchev–Trinajstić information content (AvgIpc) is 2.08. The van der Waals surface area contributed by atoms with Crippen molar-refractivity contribution in [2.45, 2.75) is 25.8 Å². The smallest absolute Gasteiger partial charge is 0.240 e. The lowest BCUT2D eigenvalue weighted by Gasteiger charge is -2.14. The second-order valence-electron chi connectivity index (χ2n) is 3.25. The molecule has 15 heavy (non-hydrogen) atoms. The van der Waals surface area contributed by atoms with E-state index in [9.17, 15) is 13.9 Å². The van der Waals surface area contributed by atoms with Gasteiger partial charge in [0, 0.05) is 18.0 Å². The Morgan fingerprint density at radius 3 is 2.53 bits per heavy atom. The van der Waals surface area contributed by atoms with Crippen LogP contribution in [0.5, 0.6) is 5.75 Å². The molecule has 0 amide bonds. The minimum atomic E-state index is -2.45. The van der Waals surface area contributed by atoms with Crippen molar-refractivity contribution in [3.63, 3.8) is 0 Å². The van der Waals surface area contributed by atoms with E-state index in [1.807, 2.05) is 0 Å². The molecule has 0 heterocycles. The number of aromatic hydroxyl groups is 1. The molecular weight excluding hydrogens is 224 g/mol. The first-order valence-corrected chi connectivity index (χ1v) is 4.34. The first-order valence-electron chi connectivity index (χ1n) is 4.34. The van der Waals surface area contributed by atoms with Crippen LogP contribution >= 0.6 is 12.4 Å². The Morgan fingerprint density at radius 2 is 2.00 bits per heavy atom. The number of alkyl halides is 2. The van der Waals surface area contributed by atoms with Crippen LogP contribution in [-0.2, 0) is 0 Å². The van der Waals surface area contributed by atoms with Crippen LogP contribution < -0.4 is 5.73 Å². The van der Waals surface area contributed by atoms with Gasteiger partial charge in [-0.15, -0.1) is 12.4 Å². The molecule has 0 bridgehead atoms. The zero-order valence-corrected chi connectivity index (χ0v) is 9.10. The van der Waals surface area contributed by atoms with E-state index in [-0.39, 0.29) is 18.2 Å². The van der Waals surface area contributed by atoms with Gasteiger partial charge in [-0.25, -0.2) is 8.78 Å². The Labute approximate surface area is 93.5 Å². The summed E-state index contributed by atoms with van der Waals surface area (Å²) in [5, 5.41) is 9.56. The van der Waals surface area contributed by atoms with E-state index in [1.165, 1.54) is 0 Å². The predicted octanol–water partition coefficient (Wildman–Crippen LogP) is 2.78. The van der Waals surface area contributed by atoms with Crippen LogP contribution in [0.2, 0.25) is 0 Å². The monoisotopic (exact) mass is 237 g/mol. The minimum absolute atomic E-state index is 0. The summed E-state index contributed by atoms with van der Waals surface area (Å²) >= 11 is 0. The highest BCUT2D eigenvalue weighted by molar-refractivity contribution is 5.85. The first kappa shape index (κ1) is 14.1. The number of hydrogen-bond donors (Lipinski definition) is 2. The maximum absolute atomic E-state index is 12.0. The van der Waals surface area contributed by atoms with Crippen LogP contribution in [0.3, 0.4) is 0 Å². The third kappa shape index (κ3) is 3.64. The summed E-state index contributed by atoms with van der Waals surface area (Å²) in [6, 6.07) is 4.15. The summed E-state index contributed by atoms with van der Waals surface area (Å²) in [6.45, 7) is 1.70. The molecule has 0 spiro atoms. The van der Waals surface area contributed by atoms with Crippen LogP contribution in [0.15, 0.2) is 18.2 Å². The molecule has 0 aromatic heterocycles. The molecule has 0 fully saturated rings. The molecule has 1 atom stereocenters. The lowest BCUT2D eigenvalue weighted by Crippen LogP contribution is -2.14. The fourth-order valence-electron chi connectivity index (χ4n) is 1.30. The SMILES string of the molecule is Cc1cccc([C@@H](N)CC(F)F)c1O.Cl. The molecular formula is C10H14ClF2NO. The van der Waals surface area contributed by atoms with Gasteiger partial charge in [0.25, 0.3) is 0 Å². The lowest BCUT2D eigenvalue weighted by molar-refractivity contribution is 0.128. The topological polar surface area (TPSA) is 46.2 Å². The molecule has 0 aliphatic carbocycles. The van der Waals surface area contributed by atoms with E-state index < -0.39 is 18.9 Å². The lowest BCUT2D eigenvalue weighted by atomic mass is 10.0. The van der Waals surface area contributed by atoms with Crippen molar-refractivity contribution in [1.29, 1.82) is 0 Å². The standard InChI is InChI=1S/C10H13F2NO.ClH/c1-6-3-2-4-7(10(6)14)8(13)5-9(11)12;/h2-4,8-9,14H,5,13H2,1H3;1H/t8-;/m0./s1. The molecule has 1 aromatic rings. The number of phenolic OH excluding ortho intramolecular Hbond substituents is 1. The highest BCUT2D eigenvalue weighted by Gasteiger charge is 2.16. The Kier molecular flexibility index (Phi) is 5.54. The highest BCUT2D eigenvalue weighted by Crippen LogP contribution is 2.28. The predicted molar refractivity (Wildman–Crippen MR) is 57.6 cm³/mol. The van der Waals surface area contributed by atoms with Crippen molar-refractivity contribution in [2.24, 2.45) is 5.73 Å². The summed E-state index contributed by atoms with van der Waals surface area (Å²) < 4.78 is 24.1. The van der Waals surface area contributed by atoms with Crippen molar-refractivity contribution >= 4 is 12.4 Å². The van der Waals surface area contributed by atoms with Crippen LogP contribution in [0.4, 0.5) is 8.78 Å². The van der Waals surface area contributed by atoms with Crippen molar-refractivity contribution in [3.05, 3.63) is 29.3 Å². The van der Waals surface area contributed by atoms with Gasteiger partial charge in [-0.1, -0.05) is 18.2 Å². The minimum Gasteiger partial charge on any atom is -0.507 e. The van der Waals surface area contributed by atoms with E-state index >= 15 is 0 Å². The molecule has 3 N–H and O–H groups in total. The molecule has 2 nitrogen and oxygen atoms in total. The number of aryl methyl sites for hydroxylation is 1. The summed E-state index contributed by atoms with van der Waals surface area (Å²) in [7, 11) is 0. The number of phenols is 1. The molecule has 0 unspecified atom stereocenters. The van der Waals surface area contributed by atoms with Gasteiger partial charge in [-0.3, -0.25) is 0 Å². The third-order valence-electron chi connectivity index (χ3n) is 2.10. The molecule has 1 rings (SSSR count). The van der Waals surface area contributed by atoms with Gasteiger partial charge in [0.2, 0.25) is 6.43 Å². The summed E-state index contributed by atoms with van der Waals surface area (Å²) in [5.41, 5.74) is 6.55. The molecule has 1 aromatic carbocycles. The van der Waals surface area contributed by atoms with Gasteiger partial charge in [0.05, 0.1) is 0 Å². The highest BCUT2D eigenvalue weighted by atomic mass is 35.5. The molecule has 0 aliphatic rings. The first-order chi connectivity index (χ1) is 6.52. The molecule has 86 valence electrons. The van der Waals surface area contributed by atoms with E-state index in [0.29, 0.717) is 11.1 Å². The maximum atomic E-state index is 12.0. The average molecular weight is 238 g/mol. The van der Waals surface area contributed by atoms with E-state index in [1.54, 1.807) is 25.1 Å². The van der Waals surface area contributed by atoms with Crippen LogP contribution in [-0.4, -0.2) is 11.5 Å². The molecule has 0 radical (unpaired) electrons. The number of halogens is 3. The van der Waals surface area contributed by atoms with Crippen LogP contribution in [0.1, 0.15) is 23.6 Å². The Hall–Kier alpha value is -0.870.